The van der Waals surface area contributed by atoms with Gasteiger partial charge >= 0.3 is 5.24 Å². The molecule has 0 spiro atoms. The Morgan fingerprint density at radius 2 is 2.12 bits per heavy atom. The molecule has 86 valence electrons. The van der Waals surface area contributed by atoms with Crippen molar-refractivity contribution in [3.8, 4) is 0 Å². The minimum atomic E-state index is -0.828. The summed E-state index contributed by atoms with van der Waals surface area (Å²) in [7, 11) is 0. The molecule has 0 saturated heterocycles. The SMILES string of the molecule is CCC12SC(=O)N=C1c1ccccc1NC2=O. The smallest absolute Gasteiger partial charge is 0.306 e. The number of hydrogen-bond donors (Lipinski definition) is 1. The van der Waals surface area contributed by atoms with Crippen LogP contribution in [-0.2, 0) is 4.79 Å². The summed E-state index contributed by atoms with van der Waals surface area (Å²) < 4.78 is -0.828. The van der Waals surface area contributed by atoms with Crippen LogP contribution in [0.1, 0.15) is 18.9 Å². The van der Waals surface area contributed by atoms with Crippen molar-refractivity contribution in [2.75, 3.05) is 5.32 Å². The van der Waals surface area contributed by atoms with Crippen molar-refractivity contribution in [3.05, 3.63) is 29.8 Å². The molecule has 0 aliphatic carbocycles. The first-order chi connectivity index (χ1) is 8.17. The van der Waals surface area contributed by atoms with E-state index in [1.807, 2.05) is 31.2 Å². The van der Waals surface area contributed by atoms with E-state index in [-0.39, 0.29) is 11.1 Å². The third-order valence-corrected chi connectivity index (χ3v) is 4.42. The van der Waals surface area contributed by atoms with Crippen LogP contribution in [0.15, 0.2) is 29.3 Å². The van der Waals surface area contributed by atoms with Gasteiger partial charge < -0.3 is 5.32 Å². The lowest BCUT2D eigenvalue weighted by atomic mass is 9.88. The van der Waals surface area contributed by atoms with Crippen LogP contribution in [0.4, 0.5) is 10.5 Å². The second kappa shape index (κ2) is 3.43. The fraction of sp³-hybridized carbons (Fsp3) is 0.250. The highest BCUT2D eigenvalue weighted by molar-refractivity contribution is 8.16. The van der Waals surface area contributed by atoms with Crippen molar-refractivity contribution in [2.45, 2.75) is 18.1 Å². The lowest BCUT2D eigenvalue weighted by molar-refractivity contribution is -0.117. The maximum atomic E-state index is 12.2. The van der Waals surface area contributed by atoms with Crippen LogP contribution < -0.4 is 5.32 Å². The minimum Gasteiger partial charge on any atom is -0.324 e. The van der Waals surface area contributed by atoms with Gasteiger partial charge in [-0.2, -0.15) is 0 Å². The molecule has 1 N–H and O–H groups in total. The highest BCUT2D eigenvalue weighted by Gasteiger charge is 2.52. The van der Waals surface area contributed by atoms with E-state index < -0.39 is 4.75 Å². The summed E-state index contributed by atoms with van der Waals surface area (Å²) in [5, 5.41) is 2.57. The molecule has 0 aromatic heterocycles. The van der Waals surface area contributed by atoms with E-state index in [1.54, 1.807) is 0 Å². The Morgan fingerprint density at radius 3 is 2.88 bits per heavy atom. The van der Waals surface area contributed by atoms with E-state index in [4.69, 9.17) is 0 Å². The first-order valence-electron chi connectivity index (χ1n) is 5.40. The highest BCUT2D eigenvalue weighted by Crippen LogP contribution is 2.44. The zero-order valence-electron chi connectivity index (χ0n) is 9.19. The number of carbonyl (C=O) groups excluding carboxylic acids is 2. The van der Waals surface area contributed by atoms with Crippen molar-refractivity contribution < 1.29 is 9.59 Å². The Balaban J connectivity index is 2.26. The van der Waals surface area contributed by atoms with Gasteiger partial charge in [0.25, 0.3) is 0 Å². The maximum absolute atomic E-state index is 12.2. The molecule has 0 saturated carbocycles. The van der Waals surface area contributed by atoms with E-state index in [0.29, 0.717) is 12.1 Å². The lowest BCUT2D eigenvalue weighted by Crippen LogP contribution is -2.48. The Labute approximate surface area is 103 Å². The number of carbonyl (C=O) groups is 2. The monoisotopic (exact) mass is 246 g/mol. The molecule has 17 heavy (non-hydrogen) atoms. The van der Waals surface area contributed by atoms with E-state index in [2.05, 4.69) is 10.3 Å². The van der Waals surface area contributed by atoms with Crippen LogP contribution >= 0.6 is 11.8 Å². The molecule has 1 aromatic carbocycles. The molecule has 1 aromatic rings. The van der Waals surface area contributed by atoms with Crippen LogP contribution in [0.25, 0.3) is 0 Å². The van der Waals surface area contributed by atoms with Gasteiger partial charge in [0.1, 0.15) is 4.75 Å². The Hall–Kier alpha value is -1.62. The van der Waals surface area contributed by atoms with E-state index >= 15 is 0 Å². The predicted molar refractivity (Wildman–Crippen MR) is 67.6 cm³/mol. The molecule has 0 fully saturated rings. The number of hydrogen-bond acceptors (Lipinski definition) is 3. The summed E-state index contributed by atoms with van der Waals surface area (Å²) in [5.74, 6) is -0.145. The van der Waals surface area contributed by atoms with Gasteiger partial charge in [-0.05, 0) is 24.2 Å². The molecule has 0 radical (unpaired) electrons. The first-order valence-corrected chi connectivity index (χ1v) is 6.22. The third-order valence-electron chi connectivity index (χ3n) is 3.14. The first kappa shape index (κ1) is 10.5. The predicted octanol–water partition coefficient (Wildman–Crippen LogP) is 2.44. The minimum absolute atomic E-state index is 0.145. The van der Waals surface area contributed by atoms with Crippen LogP contribution in [-0.4, -0.2) is 21.6 Å². The molecule has 1 unspecified atom stereocenters. The number of thioether (sulfide) groups is 1. The van der Waals surface area contributed by atoms with Gasteiger partial charge in [0.15, 0.2) is 0 Å². The van der Waals surface area contributed by atoms with Crippen LogP contribution in [0.3, 0.4) is 0 Å². The van der Waals surface area contributed by atoms with Crippen LogP contribution in [0.5, 0.6) is 0 Å². The summed E-state index contributed by atoms with van der Waals surface area (Å²) in [6.07, 6.45) is 0.558. The number of aliphatic imine (C=N–C) groups is 1. The third kappa shape index (κ3) is 1.29. The summed E-state index contributed by atoms with van der Waals surface area (Å²) >= 11 is 1.01. The summed E-state index contributed by atoms with van der Waals surface area (Å²) in [5.41, 5.74) is 2.19. The highest BCUT2D eigenvalue weighted by atomic mass is 32.2. The molecule has 1 atom stereocenters. The van der Waals surface area contributed by atoms with Crippen molar-refractivity contribution in [1.82, 2.24) is 0 Å². The Morgan fingerprint density at radius 1 is 1.35 bits per heavy atom. The second-order valence-corrected chi connectivity index (χ2v) is 5.26. The van der Waals surface area contributed by atoms with Gasteiger partial charge in [0.2, 0.25) is 5.91 Å². The summed E-state index contributed by atoms with van der Waals surface area (Å²) in [4.78, 5) is 27.7. The molecule has 0 bridgehead atoms. The number of amides is 2. The Kier molecular flexibility index (Phi) is 2.13. The molecule has 2 aliphatic rings. The summed E-state index contributed by atoms with van der Waals surface area (Å²) in [6, 6.07) is 7.44. The molecule has 5 heteroatoms. The summed E-state index contributed by atoms with van der Waals surface area (Å²) in [6.45, 7) is 1.90. The second-order valence-electron chi connectivity index (χ2n) is 4.01. The van der Waals surface area contributed by atoms with E-state index in [0.717, 1.165) is 23.0 Å². The fourth-order valence-corrected chi connectivity index (χ4v) is 3.23. The molecule has 4 nitrogen and oxygen atoms in total. The van der Waals surface area contributed by atoms with Gasteiger partial charge in [0.05, 0.1) is 5.71 Å². The normalized spacial score (nSPS) is 26.1. The molecular weight excluding hydrogens is 236 g/mol. The van der Waals surface area contributed by atoms with Crippen molar-refractivity contribution >= 4 is 34.3 Å². The number of benzene rings is 1. The largest absolute Gasteiger partial charge is 0.324 e. The van der Waals surface area contributed by atoms with Crippen molar-refractivity contribution in [2.24, 2.45) is 4.99 Å². The van der Waals surface area contributed by atoms with Gasteiger partial charge in [-0.3, -0.25) is 9.59 Å². The average molecular weight is 246 g/mol. The molecule has 2 aliphatic heterocycles. The van der Waals surface area contributed by atoms with E-state index in [9.17, 15) is 9.59 Å². The number of nitrogens with one attached hydrogen (secondary N) is 1. The zero-order valence-corrected chi connectivity index (χ0v) is 10.0. The van der Waals surface area contributed by atoms with Gasteiger partial charge in [-0.1, -0.05) is 25.1 Å². The van der Waals surface area contributed by atoms with Crippen molar-refractivity contribution in [3.63, 3.8) is 0 Å². The number of nitrogens with zero attached hydrogens (tertiary/aromatic N) is 1. The molecule has 2 amide bonds. The molecule has 3 rings (SSSR count). The molecule has 2 heterocycles. The van der Waals surface area contributed by atoms with Crippen LogP contribution in [0, 0.1) is 0 Å². The number of fused-ring (bicyclic) bond motifs is 3. The standard InChI is InChI=1S/C12H10N2O2S/c1-2-12-9(14-11(16)17-12)7-5-3-4-6-8(7)13-10(12)15/h3-6H,2H2,1H3,(H,13,15). The topological polar surface area (TPSA) is 58.5 Å². The van der Waals surface area contributed by atoms with Gasteiger partial charge in [-0.25, -0.2) is 4.99 Å². The zero-order chi connectivity index (χ0) is 12.0. The van der Waals surface area contributed by atoms with Gasteiger partial charge in [-0.15, -0.1) is 0 Å². The lowest BCUT2D eigenvalue weighted by Gasteiger charge is -2.32. The number of rotatable bonds is 1. The van der Waals surface area contributed by atoms with E-state index in [1.165, 1.54) is 0 Å². The van der Waals surface area contributed by atoms with Crippen molar-refractivity contribution in [1.29, 1.82) is 0 Å². The fourth-order valence-electron chi connectivity index (χ4n) is 2.26. The van der Waals surface area contributed by atoms with Crippen LogP contribution in [0.2, 0.25) is 0 Å². The number of anilines is 1. The quantitative estimate of drug-likeness (QED) is 0.828. The number of para-hydroxylation sites is 1. The average Bonchev–Trinajstić information content (AvgIpc) is 2.68. The maximum Gasteiger partial charge on any atom is 0.306 e. The Bertz CT molecular complexity index is 567. The molecular formula is C12H10N2O2S. The van der Waals surface area contributed by atoms with Gasteiger partial charge in [0, 0.05) is 11.3 Å².